The Kier molecular flexibility index (Phi) is 6.07. The van der Waals surface area contributed by atoms with E-state index in [2.05, 4.69) is 15.1 Å². The van der Waals surface area contributed by atoms with Gasteiger partial charge in [-0.1, -0.05) is 29.3 Å². The number of imidazole rings is 1. The normalized spacial score (nSPS) is 20.3. The van der Waals surface area contributed by atoms with E-state index in [9.17, 15) is 0 Å². The third kappa shape index (κ3) is 4.60. The van der Waals surface area contributed by atoms with Crippen LogP contribution in [0.2, 0.25) is 10.0 Å². The molecular weight excluding hydrogens is 465 g/mol. The van der Waals surface area contributed by atoms with Gasteiger partial charge in [0, 0.05) is 23.2 Å². The van der Waals surface area contributed by atoms with Gasteiger partial charge in [0.25, 0.3) is 0 Å². The number of hydrogen-bond donors (Lipinski definition) is 0. The molecule has 1 aliphatic heterocycles. The summed E-state index contributed by atoms with van der Waals surface area (Å²) < 4.78 is 22.2. The monoisotopic (exact) mass is 485 g/mol. The number of hydrogen-bond acceptors (Lipinski definition) is 6. The van der Waals surface area contributed by atoms with Crippen molar-refractivity contribution in [3.05, 3.63) is 83.3 Å². The van der Waals surface area contributed by atoms with E-state index in [0.717, 1.165) is 17.0 Å². The maximum absolute atomic E-state index is 6.50. The van der Waals surface area contributed by atoms with Gasteiger partial charge in [0.2, 0.25) is 5.79 Å². The summed E-state index contributed by atoms with van der Waals surface area (Å²) in [6, 6.07) is 13.1. The molecule has 0 radical (unpaired) electrons. The quantitative estimate of drug-likeness (QED) is 0.387. The van der Waals surface area contributed by atoms with E-state index in [1.54, 1.807) is 29.5 Å². The summed E-state index contributed by atoms with van der Waals surface area (Å²) in [5, 5.41) is 5.18. The zero-order valence-electron chi connectivity index (χ0n) is 17.8. The molecule has 8 nitrogen and oxygen atoms in total. The molecule has 2 atom stereocenters. The van der Waals surface area contributed by atoms with Gasteiger partial charge in [-0.25, -0.2) is 14.6 Å². The molecule has 2 aromatic carbocycles. The molecule has 10 heteroatoms. The van der Waals surface area contributed by atoms with Gasteiger partial charge in [0.15, 0.2) is 0 Å². The molecule has 33 heavy (non-hydrogen) atoms. The zero-order chi connectivity index (χ0) is 22.8. The van der Waals surface area contributed by atoms with E-state index < -0.39 is 5.79 Å². The van der Waals surface area contributed by atoms with Crippen LogP contribution < -0.4 is 4.74 Å². The molecule has 0 amide bonds. The summed E-state index contributed by atoms with van der Waals surface area (Å²) >= 11 is 12.6. The van der Waals surface area contributed by atoms with Crippen LogP contribution in [-0.2, 0) is 28.9 Å². The largest absolute Gasteiger partial charge is 0.491 e. The summed E-state index contributed by atoms with van der Waals surface area (Å²) in [5.41, 5.74) is 2.77. The summed E-state index contributed by atoms with van der Waals surface area (Å²) in [7, 11) is 1.96. The van der Waals surface area contributed by atoms with Gasteiger partial charge >= 0.3 is 0 Å². The van der Waals surface area contributed by atoms with Gasteiger partial charge in [-0.3, -0.25) is 0 Å². The van der Waals surface area contributed by atoms with Crippen molar-refractivity contribution in [2.75, 3.05) is 13.2 Å². The van der Waals surface area contributed by atoms with Crippen molar-refractivity contribution < 1.29 is 14.2 Å². The number of benzene rings is 2. The van der Waals surface area contributed by atoms with Crippen molar-refractivity contribution in [1.29, 1.82) is 0 Å². The Balaban J connectivity index is 1.30. The van der Waals surface area contributed by atoms with E-state index >= 15 is 0 Å². The lowest BCUT2D eigenvalue weighted by Gasteiger charge is -2.29. The Hall–Kier alpha value is -2.91. The van der Waals surface area contributed by atoms with Gasteiger partial charge in [0.05, 0.1) is 29.8 Å². The van der Waals surface area contributed by atoms with Gasteiger partial charge in [-0.15, -0.1) is 0 Å². The molecule has 170 valence electrons. The van der Waals surface area contributed by atoms with Crippen LogP contribution in [0.5, 0.6) is 5.75 Å². The molecule has 1 aliphatic rings. The second-order valence-corrected chi connectivity index (χ2v) is 8.59. The summed E-state index contributed by atoms with van der Waals surface area (Å²) in [4.78, 5) is 8.17. The molecule has 0 aliphatic carbocycles. The Morgan fingerprint density at radius 2 is 1.97 bits per heavy atom. The molecule has 5 rings (SSSR count). The second kappa shape index (κ2) is 9.15. The number of halogens is 2. The minimum Gasteiger partial charge on any atom is -0.491 e. The predicted molar refractivity (Wildman–Crippen MR) is 123 cm³/mol. The van der Waals surface area contributed by atoms with Gasteiger partial charge in [-0.2, -0.15) is 5.10 Å². The minimum atomic E-state index is -1.13. The Morgan fingerprint density at radius 3 is 2.67 bits per heavy atom. The number of aryl methyl sites for hydroxylation is 1. The van der Waals surface area contributed by atoms with Gasteiger partial charge < -0.3 is 18.8 Å². The summed E-state index contributed by atoms with van der Waals surface area (Å²) in [6.45, 7) is 0.931. The van der Waals surface area contributed by atoms with Crippen molar-refractivity contribution in [3.8, 4) is 17.0 Å². The number of aromatic nitrogens is 5. The van der Waals surface area contributed by atoms with E-state index in [1.807, 2.05) is 48.1 Å². The Bertz CT molecular complexity index is 1230. The SMILES string of the molecule is Cn1cncc1-c1ccc(OC[C@@H]2CO[C@@](Cn3cncn3)(c3ccc(Cl)cc3Cl)O2)cc1. The van der Waals surface area contributed by atoms with E-state index in [1.165, 1.54) is 6.33 Å². The molecule has 3 heterocycles. The average Bonchev–Trinajstić information content (AvgIpc) is 3.55. The average molecular weight is 486 g/mol. The molecule has 4 aromatic rings. The first kappa shape index (κ1) is 21.9. The third-order valence-electron chi connectivity index (χ3n) is 5.44. The zero-order valence-corrected chi connectivity index (χ0v) is 19.3. The van der Waals surface area contributed by atoms with Gasteiger partial charge in [-0.05, 0) is 36.4 Å². The molecule has 0 bridgehead atoms. The Morgan fingerprint density at radius 1 is 1.12 bits per heavy atom. The molecule has 0 spiro atoms. The molecule has 1 fully saturated rings. The van der Waals surface area contributed by atoms with Crippen LogP contribution in [0.15, 0.2) is 67.6 Å². The molecular formula is C23H21Cl2N5O3. The number of nitrogens with zero attached hydrogens (tertiary/aromatic N) is 5. The highest BCUT2D eigenvalue weighted by Gasteiger charge is 2.45. The maximum atomic E-state index is 6.50. The first-order valence-corrected chi connectivity index (χ1v) is 11.1. The molecule has 1 saturated heterocycles. The standard InChI is InChI=1S/C23H21Cl2N5O3/c1-29-14-26-9-22(29)16-2-5-18(6-3-16)31-10-19-11-32-23(33-19,12-30-15-27-13-28-30)20-7-4-17(24)8-21(20)25/h2-9,13-15,19H,10-12H2,1H3/t19-,23-/m1/s1. The highest BCUT2D eigenvalue weighted by atomic mass is 35.5. The lowest BCUT2D eigenvalue weighted by atomic mass is 10.1. The molecule has 0 N–H and O–H groups in total. The van der Waals surface area contributed by atoms with Crippen LogP contribution in [0.4, 0.5) is 0 Å². The molecule has 0 unspecified atom stereocenters. The van der Waals surface area contributed by atoms with Crippen LogP contribution in [0.25, 0.3) is 11.3 Å². The lowest BCUT2D eigenvalue weighted by molar-refractivity contribution is -0.190. The van der Waals surface area contributed by atoms with Crippen LogP contribution in [0, 0.1) is 0 Å². The van der Waals surface area contributed by atoms with Gasteiger partial charge in [0.1, 0.15) is 37.7 Å². The first-order chi connectivity index (χ1) is 16.0. The van der Waals surface area contributed by atoms with Crippen molar-refractivity contribution in [2.24, 2.45) is 7.05 Å². The second-order valence-electron chi connectivity index (χ2n) is 7.75. The highest BCUT2D eigenvalue weighted by Crippen LogP contribution is 2.40. The predicted octanol–water partition coefficient (Wildman–Crippen LogP) is 4.33. The fourth-order valence-electron chi connectivity index (χ4n) is 3.83. The summed E-state index contributed by atoms with van der Waals surface area (Å²) in [6.07, 6.45) is 6.36. The van der Waals surface area contributed by atoms with E-state index in [-0.39, 0.29) is 12.6 Å². The number of ether oxygens (including phenoxy) is 3. The first-order valence-electron chi connectivity index (χ1n) is 10.3. The molecule has 2 aromatic heterocycles. The smallest absolute Gasteiger partial charge is 0.217 e. The van der Waals surface area contributed by atoms with Crippen LogP contribution in [0.1, 0.15) is 5.56 Å². The Labute approximate surface area is 200 Å². The van der Waals surface area contributed by atoms with E-state index in [0.29, 0.717) is 28.8 Å². The van der Waals surface area contributed by atoms with Crippen molar-refractivity contribution in [2.45, 2.75) is 18.4 Å². The fourth-order valence-corrected chi connectivity index (χ4v) is 4.38. The fraction of sp³-hybridized carbons (Fsp3) is 0.261. The minimum absolute atomic E-state index is 0.282. The van der Waals surface area contributed by atoms with Crippen LogP contribution >= 0.6 is 23.2 Å². The highest BCUT2D eigenvalue weighted by molar-refractivity contribution is 6.35. The topological polar surface area (TPSA) is 76.2 Å². The van der Waals surface area contributed by atoms with Crippen molar-refractivity contribution >= 4 is 23.2 Å². The van der Waals surface area contributed by atoms with Crippen LogP contribution in [-0.4, -0.2) is 43.6 Å². The molecule has 0 saturated carbocycles. The van der Waals surface area contributed by atoms with E-state index in [4.69, 9.17) is 37.4 Å². The van der Waals surface area contributed by atoms with Crippen molar-refractivity contribution in [3.63, 3.8) is 0 Å². The lowest BCUT2D eigenvalue weighted by Crippen LogP contribution is -2.35. The third-order valence-corrected chi connectivity index (χ3v) is 5.99. The number of rotatable bonds is 7. The van der Waals surface area contributed by atoms with Crippen LogP contribution in [0.3, 0.4) is 0 Å². The summed E-state index contributed by atoms with van der Waals surface area (Å²) in [5.74, 6) is -0.393. The van der Waals surface area contributed by atoms with Crippen molar-refractivity contribution in [1.82, 2.24) is 24.3 Å². The maximum Gasteiger partial charge on any atom is 0.217 e.